The molecule has 6 atom stereocenters. The molecule has 1 saturated carbocycles. The highest BCUT2D eigenvalue weighted by atomic mass is 16.6. The van der Waals surface area contributed by atoms with Crippen LogP contribution in [-0.2, 0) is 14.3 Å². The van der Waals surface area contributed by atoms with E-state index in [-0.39, 0.29) is 24.9 Å². The maximum absolute atomic E-state index is 12.9. The Labute approximate surface area is 185 Å². The lowest BCUT2D eigenvalue weighted by atomic mass is 9.48. The Bertz CT molecular complexity index is 862. The zero-order chi connectivity index (χ0) is 23.8. The van der Waals surface area contributed by atoms with Gasteiger partial charge in [0.1, 0.15) is 11.2 Å². The minimum Gasteiger partial charge on any atom is -0.458 e. The zero-order valence-corrected chi connectivity index (χ0v) is 20.1. The molecular weight excluding hydrogens is 396 g/mol. The minimum absolute atomic E-state index is 0.0268. The molecule has 1 fully saturated rings. The fourth-order valence-electron chi connectivity index (χ4n) is 6.00. The molecule has 0 amide bonds. The van der Waals surface area contributed by atoms with Gasteiger partial charge in [-0.25, -0.2) is 0 Å². The lowest BCUT2D eigenvalue weighted by Gasteiger charge is -2.61. The average molecular weight is 435 g/mol. The molecule has 0 aromatic heterocycles. The molecule has 0 aliphatic heterocycles. The number of carbonyl (C=O) groups excluding carboxylic acids is 2. The van der Waals surface area contributed by atoms with E-state index in [0.717, 1.165) is 0 Å². The van der Waals surface area contributed by atoms with Crippen LogP contribution >= 0.6 is 0 Å². The molecule has 3 aliphatic carbocycles. The summed E-state index contributed by atoms with van der Waals surface area (Å²) in [4.78, 5) is 25.8. The summed E-state index contributed by atoms with van der Waals surface area (Å²) in [5.41, 5.74) is -4.61. The first-order chi connectivity index (χ1) is 13.9. The maximum Gasteiger partial charge on any atom is 0.311 e. The summed E-state index contributed by atoms with van der Waals surface area (Å²) in [5.74, 6) is -2.47. The van der Waals surface area contributed by atoms with E-state index in [1.54, 1.807) is 13.0 Å². The van der Waals surface area contributed by atoms with Gasteiger partial charge < -0.3 is 20.1 Å². The number of ether oxygens (including phenoxy) is 1. The standard InChI is InChI=1S/C25H38O6/c1-14-9-18-24(29,19(14)27)12-16(13-26)10-17-22(6,7)23(8,11-15(2)25(17,18)30)31-20(28)21(3,4)5/h9-10,15,17-18,26,29-30H,11-13H2,1-8H3/t15-,17+,18-,23-,24-,25-/m1/s1. The largest absolute Gasteiger partial charge is 0.458 e. The molecule has 0 saturated heterocycles. The van der Waals surface area contributed by atoms with Gasteiger partial charge in [0.15, 0.2) is 5.78 Å². The first-order valence-corrected chi connectivity index (χ1v) is 11.2. The van der Waals surface area contributed by atoms with Crippen LogP contribution in [0, 0.1) is 28.6 Å². The number of Topliss-reactive ketones (excluding diaryl/α,β-unsaturated/α-hetero) is 1. The zero-order valence-electron chi connectivity index (χ0n) is 20.1. The predicted octanol–water partition coefficient (Wildman–Crippen LogP) is 2.95. The second-order valence-electron chi connectivity index (χ2n) is 11.8. The van der Waals surface area contributed by atoms with Crippen LogP contribution in [0.25, 0.3) is 0 Å². The van der Waals surface area contributed by atoms with Gasteiger partial charge in [0.2, 0.25) is 0 Å². The van der Waals surface area contributed by atoms with Crippen LogP contribution in [0.2, 0.25) is 0 Å². The highest BCUT2D eigenvalue weighted by Crippen LogP contribution is 2.63. The molecule has 3 rings (SSSR count). The van der Waals surface area contributed by atoms with Crippen molar-refractivity contribution in [3.05, 3.63) is 23.3 Å². The summed E-state index contributed by atoms with van der Waals surface area (Å²) in [7, 11) is 0. The van der Waals surface area contributed by atoms with Gasteiger partial charge in [-0.3, -0.25) is 9.59 Å². The smallest absolute Gasteiger partial charge is 0.311 e. The summed E-state index contributed by atoms with van der Waals surface area (Å²) >= 11 is 0. The number of aliphatic hydroxyl groups excluding tert-OH is 1. The van der Waals surface area contributed by atoms with Crippen molar-refractivity contribution in [2.24, 2.45) is 28.6 Å². The Morgan fingerprint density at radius 2 is 1.74 bits per heavy atom. The van der Waals surface area contributed by atoms with E-state index in [9.17, 15) is 24.9 Å². The topological polar surface area (TPSA) is 104 Å². The normalized spacial score (nSPS) is 42.2. The van der Waals surface area contributed by atoms with Gasteiger partial charge in [-0.1, -0.05) is 32.9 Å². The van der Waals surface area contributed by atoms with Gasteiger partial charge >= 0.3 is 5.97 Å². The molecule has 0 heterocycles. The van der Waals surface area contributed by atoms with E-state index in [1.165, 1.54) is 0 Å². The molecular formula is C25H38O6. The number of aliphatic hydroxyl groups is 3. The molecule has 31 heavy (non-hydrogen) atoms. The van der Waals surface area contributed by atoms with Gasteiger partial charge in [-0.15, -0.1) is 0 Å². The monoisotopic (exact) mass is 434 g/mol. The summed E-state index contributed by atoms with van der Waals surface area (Å²) in [6, 6.07) is 0. The Kier molecular flexibility index (Phi) is 5.45. The third kappa shape index (κ3) is 3.25. The summed E-state index contributed by atoms with van der Waals surface area (Å²) < 4.78 is 6.12. The number of hydrogen-bond donors (Lipinski definition) is 3. The van der Waals surface area contributed by atoms with Gasteiger partial charge in [0.05, 0.1) is 17.6 Å². The lowest BCUT2D eigenvalue weighted by molar-refractivity contribution is -0.248. The molecule has 174 valence electrons. The fourth-order valence-corrected chi connectivity index (χ4v) is 6.00. The molecule has 6 nitrogen and oxygen atoms in total. The summed E-state index contributed by atoms with van der Waals surface area (Å²) in [6.07, 6.45) is 3.86. The van der Waals surface area contributed by atoms with Crippen LogP contribution in [0.3, 0.4) is 0 Å². The van der Waals surface area contributed by atoms with Crippen molar-refractivity contribution >= 4 is 11.8 Å². The van der Waals surface area contributed by atoms with E-state index in [1.807, 2.05) is 54.5 Å². The first-order valence-electron chi connectivity index (χ1n) is 11.2. The number of rotatable bonds is 2. The molecule has 0 spiro atoms. The molecule has 0 bridgehead atoms. The molecule has 0 aromatic rings. The van der Waals surface area contributed by atoms with Crippen molar-refractivity contribution in [1.29, 1.82) is 0 Å². The second kappa shape index (κ2) is 7.00. The lowest BCUT2D eigenvalue weighted by Crippen LogP contribution is -2.69. The molecule has 3 aliphatic rings. The van der Waals surface area contributed by atoms with Crippen molar-refractivity contribution in [1.82, 2.24) is 0 Å². The van der Waals surface area contributed by atoms with Gasteiger partial charge in [0.25, 0.3) is 0 Å². The highest BCUT2D eigenvalue weighted by Gasteiger charge is 2.69. The number of fused-ring (bicyclic) bond motifs is 3. The quantitative estimate of drug-likeness (QED) is 0.456. The van der Waals surface area contributed by atoms with Crippen molar-refractivity contribution in [2.45, 2.75) is 85.0 Å². The Balaban J connectivity index is 2.19. The van der Waals surface area contributed by atoms with Crippen LogP contribution in [0.1, 0.15) is 68.2 Å². The van der Waals surface area contributed by atoms with Gasteiger partial charge in [-0.2, -0.15) is 0 Å². The molecule has 0 radical (unpaired) electrons. The average Bonchev–Trinajstić information content (AvgIpc) is 2.79. The SMILES string of the molecule is CC1=C[C@H]2[C@@]3(O)[C@H](C)C[C@@](C)(OC(=O)C(C)(C)C)C(C)(C)[C@@H]3C=C(CO)C[C@]2(O)C1=O. The van der Waals surface area contributed by atoms with Crippen LogP contribution in [0.15, 0.2) is 23.3 Å². The second-order valence-corrected chi connectivity index (χ2v) is 11.8. The first kappa shape index (κ1) is 24.1. The maximum atomic E-state index is 12.9. The third-order valence-corrected chi connectivity index (χ3v) is 8.34. The summed E-state index contributed by atoms with van der Waals surface area (Å²) in [6.45, 7) is 14.4. The van der Waals surface area contributed by atoms with Crippen LogP contribution in [0.5, 0.6) is 0 Å². The molecule has 6 heteroatoms. The van der Waals surface area contributed by atoms with Crippen molar-refractivity contribution in [2.75, 3.05) is 6.61 Å². The fraction of sp³-hybridized carbons (Fsp3) is 0.760. The number of esters is 1. The van der Waals surface area contributed by atoms with E-state index < -0.39 is 45.3 Å². The van der Waals surface area contributed by atoms with Crippen LogP contribution in [0.4, 0.5) is 0 Å². The Morgan fingerprint density at radius 1 is 1.16 bits per heavy atom. The number of carbonyl (C=O) groups is 2. The van der Waals surface area contributed by atoms with Crippen molar-refractivity contribution < 1.29 is 29.6 Å². The predicted molar refractivity (Wildman–Crippen MR) is 117 cm³/mol. The number of ketones is 1. The molecule has 0 unspecified atom stereocenters. The van der Waals surface area contributed by atoms with Crippen LogP contribution in [-0.4, -0.2) is 50.5 Å². The highest BCUT2D eigenvalue weighted by molar-refractivity contribution is 6.04. The van der Waals surface area contributed by atoms with E-state index in [4.69, 9.17) is 4.74 Å². The number of hydrogen-bond acceptors (Lipinski definition) is 6. The van der Waals surface area contributed by atoms with Crippen molar-refractivity contribution in [3.63, 3.8) is 0 Å². The third-order valence-electron chi connectivity index (χ3n) is 8.34. The Hall–Kier alpha value is -1.50. The van der Waals surface area contributed by atoms with E-state index >= 15 is 0 Å². The molecule has 0 aromatic carbocycles. The van der Waals surface area contributed by atoms with E-state index in [2.05, 4.69) is 0 Å². The van der Waals surface area contributed by atoms with Gasteiger partial charge in [0, 0.05) is 23.7 Å². The van der Waals surface area contributed by atoms with E-state index in [0.29, 0.717) is 17.6 Å². The molecule has 3 N–H and O–H groups in total. The van der Waals surface area contributed by atoms with Gasteiger partial charge in [-0.05, 0) is 58.1 Å². The van der Waals surface area contributed by atoms with Crippen molar-refractivity contribution in [3.8, 4) is 0 Å². The van der Waals surface area contributed by atoms with Crippen LogP contribution < -0.4 is 0 Å². The summed E-state index contributed by atoms with van der Waals surface area (Å²) in [5, 5.41) is 33.8. The minimum atomic E-state index is -1.79. The Morgan fingerprint density at radius 3 is 2.26 bits per heavy atom.